The average Bonchev–Trinajstić information content (AvgIpc) is 3.16. The van der Waals surface area contributed by atoms with Crippen LogP contribution in [-0.2, 0) is 14.3 Å². The van der Waals surface area contributed by atoms with E-state index in [1.165, 1.54) is 0 Å². The number of carbonyl (C=O) groups is 3. The summed E-state index contributed by atoms with van der Waals surface area (Å²) >= 11 is 0. The van der Waals surface area contributed by atoms with Gasteiger partial charge in [-0.25, -0.2) is 4.79 Å². The van der Waals surface area contributed by atoms with Gasteiger partial charge in [0.05, 0.1) is 5.41 Å². The molecule has 2 aromatic rings. The van der Waals surface area contributed by atoms with Crippen LogP contribution in [0.5, 0.6) is 0 Å². The Balaban J connectivity index is 1.41. The fourth-order valence-electron chi connectivity index (χ4n) is 5.38. The zero-order valence-corrected chi connectivity index (χ0v) is 20.5. The van der Waals surface area contributed by atoms with E-state index in [-0.39, 0.29) is 24.3 Å². The molecule has 2 aromatic carbocycles. The third-order valence-corrected chi connectivity index (χ3v) is 7.58. The lowest BCUT2D eigenvalue weighted by Gasteiger charge is -2.39. The van der Waals surface area contributed by atoms with Gasteiger partial charge in [0.15, 0.2) is 0 Å². The maximum atomic E-state index is 13.1. The minimum Gasteiger partial charge on any atom is -0.481 e. The molecule has 4 rings (SSSR count). The lowest BCUT2D eigenvalue weighted by atomic mass is 9.71. The number of rotatable bonds is 7. The van der Waals surface area contributed by atoms with Crippen molar-refractivity contribution in [2.45, 2.75) is 64.5 Å². The number of ether oxygens (including phenoxy) is 1. The molecule has 0 saturated heterocycles. The van der Waals surface area contributed by atoms with Gasteiger partial charge in [-0.1, -0.05) is 75.2 Å². The van der Waals surface area contributed by atoms with Gasteiger partial charge in [-0.15, -0.1) is 0 Å². The molecule has 0 aliphatic heterocycles. The topological polar surface area (TPSA) is 105 Å². The Hall–Kier alpha value is -3.35. The highest BCUT2D eigenvalue weighted by molar-refractivity contribution is 5.87. The van der Waals surface area contributed by atoms with Crippen molar-refractivity contribution in [3.05, 3.63) is 59.7 Å². The van der Waals surface area contributed by atoms with Crippen LogP contribution in [0, 0.1) is 11.3 Å². The van der Waals surface area contributed by atoms with Crippen LogP contribution < -0.4 is 10.6 Å². The van der Waals surface area contributed by atoms with Gasteiger partial charge in [-0.05, 0) is 47.9 Å². The van der Waals surface area contributed by atoms with E-state index in [9.17, 15) is 19.5 Å². The van der Waals surface area contributed by atoms with Crippen LogP contribution in [0.2, 0.25) is 0 Å². The van der Waals surface area contributed by atoms with E-state index in [2.05, 4.69) is 34.9 Å². The van der Waals surface area contributed by atoms with Gasteiger partial charge in [-0.3, -0.25) is 9.59 Å². The standard InChI is InChI=1S/C28H34N2O5/c1-17(2)24(25(31)29-23-14-8-9-15-28(23,3)26(32)33)30-27(34)35-16-22-20-12-6-4-10-18(20)19-11-5-7-13-21(19)22/h4-7,10-13,17,22-24H,8-9,14-16H2,1-3H3,(H,29,31)(H,30,34)(H,32,33)/t23?,24-,28?/m0/s1. The van der Waals surface area contributed by atoms with Crippen LogP contribution in [0.1, 0.15) is 63.5 Å². The van der Waals surface area contributed by atoms with E-state index in [0.29, 0.717) is 12.8 Å². The van der Waals surface area contributed by atoms with Crippen LogP contribution >= 0.6 is 0 Å². The minimum absolute atomic E-state index is 0.0713. The highest BCUT2D eigenvalue weighted by Gasteiger charge is 2.44. The summed E-state index contributed by atoms with van der Waals surface area (Å²) in [5, 5.41) is 15.4. The molecular weight excluding hydrogens is 444 g/mol. The molecule has 0 heterocycles. The van der Waals surface area contributed by atoms with Gasteiger partial charge in [0.2, 0.25) is 5.91 Å². The molecule has 35 heavy (non-hydrogen) atoms. The van der Waals surface area contributed by atoms with Crippen molar-refractivity contribution < 1.29 is 24.2 Å². The molecule has 186 valence electrons. The van der Waals surface area contributed by atoms with Gasteiger partial charge in [0.1, 0.15) is 12.6 Å². The van der Waals surface area contributed by atoms with E-state index in [1.807, 2.05) is 38.1 Å². The number of carbonyl (C=O) groups excluding carboxylic acids is 2. The number of hydrogen-bond acceptors (Lipinski definition) is 4. The Morgan fingerprint density at radius 3 is 2.20 bits per heavy atom. The third-order valence-electron chi connectivity index (χ3n) is 7.58. The van der Waals surface area contributed by atoms with Crippen molar-refractivity contribution >= 4 is 18.0 Å². The first-order chi connectivity index (χ1) is 16.7. The van der Waals surface area contributed by atoms with Gasteiger partial charge in [0.25, 0.3) is 0 Å². The molecule has 2 aliphatic carbocycles. The molecule has 3 N–H and O–H groups in total. The second-order valence-corrected chi connectivity index (χ2v) is 10.2. The molecule has 0 aromatic heterocycles. The Morgan fingerprint density at radius 1 is 1.03 bits per heavy atom. The largest absolute Gasteiger partial charge is 0.481 e. The Kier molecular flexibility index (Phi) is 7.15. The molecule has 2 aliphatic rings. The van der Waals surface area contributed by atoms with Gasteiger partial charge < -0.3 is 20.5 Å². The summed E-state index contributed by atoms with van der Waals surface area (Å²) in [7, 11) is 0. The summed E-state index contributed by atoms with van der Waals surface area (Å²) in [5.74, 6) is -1.56. The van der Waals surface area contributed by atoms with Gasteiger partial charge in [0, 0.05) is 12.0 Å². The van der Waals surface area contributed by atoms with Crippen molar-refractivity contribution in [2.24, 2.45) is 11.3 Å². The zero-order chi connectivity index (χ0) is 25.2. The number of benzene rings is 2. The lowest BCUT2D eigenvalue weighted by molar-refractivity contribution is -0.152. The van der Waals surface area contributed by atoms with Crippen LogP contribution in [0.3, 0.4) is 0 Å². The molecule has 7 heteroatoms. The maximum Gasteiger partial charge on any atom is 0.407 e. The van der Waals surface area contributed by atoms with Gasteiger partial charge >= 0.3 is 12.1 Å². The normalized spacial score (nSPS) is 22.1. The molecule has 2 unspecified atom stereocenters. The number of aliphatic carboxylic acids is 1. The molecule has 0 spiro atoms. The lowest BCUT2D eigenvalue weighted by Crippen LogP contribution is -2.58. The minimum atomic E-state index is -1.01. The summed E-state index contributed by atoms with van der Waals surface area (Å²) in [6, 6.07) is 14.9. The number of nitrogens with one attached hydrogen (secondary N) is 2. The molecule has 7 nitrogen and oxygen atoms in total. The van der Waals surface area contributed by atoms with Crippen molar-refractivity contribution in [3.8, 4) is 11.1 Å². The number of carboxylic acid groups (broad SMARTS) is 1. The monoisotopic (exact) mass is 478 g/mol. The number of carboxylic acids is 1. The van der Waals surface area contributed by atoms with E-state index < -0.39 is 29.6 Å². The second kappa shape index (κ2) is 10.1. The SMILES string of the molecule is CC(C)[C@H](NC(=O)OCC1c2ccccc2-c2ccccc21)C(=O)NC1CCCCC1(C)C(=O)O. The number of fused-ring (bicyclic) bond motifs is 3. The van der Waals surface area contributed by atoms with E-state index in [1.54, 1.807) is 6.92 Å². The van der Waals surface area contributed by atoms with E-state index in [0.717, 1.165) is 35.1 Å². The van der Waals surface area contributed by atoms with Crippen LogP contribution in [0.25, 0.3) is 11.1 Å². The number of amides is 2. The van der Waals surface area contributed by atoms with Crippen LogP contribution in [0.15, 0.2) is 48.5 Å². The van der Waals surface area contributed by atoms with Crippen molar-refractivity contribution in [1.29, 1.82) is 0 Å². The molecule has 1 fully saturated rings. The quantitative estimate of drug-likeness (QED) is 0.535. The number of hydrogen-bond donors (Lipinski definition) is 3. The van der Waals surface area contributed by atoms with E-state index >= 15 is 0 Å². The Labute approximate surface area is 206 Å². The van der Waals surface area contributed by atoms with Crippen molar-refractivity contribution in [3.63, 3.8) is 0 Å². The summed E-state index contributed by atoms with van der Waals surface area (Å²) in [4.78, 5) is 37.8. The summed E-state index contributed by atoms with van der Waals surface area (Å²) in [6.45, 7) is 5.52. The first kappa shape index (κ1) is 24.8. The molecule has 0 bridgehead atoms. The summed E-state index contributed by atoms with van der Waals surface area (Å²) < 4.78 is 5.62. The first-order valence-electron chi connectivity index (χ1n) is 12.4. The highest BCUT2D eigenvalue weighted by atomic mass is 16.5. The fraction of sp³-hybridized carbons (Fsp3) is 0.464. The Bertz CT molecular complexity index is 1070. The fourth-order valence-corrected chi connectivity index (χ4v) is 5.38. The number of alkyl carbamates (subject to hydrolysis) is 1. The zero-order valence-electron chi connectivity index (χ0n) is 20.5. The van der Waals surface area contributed by atoms with Crippen molar-refractivity contribution in [1.82, 2.24) is 10.6 Å². The van der Waals surface area contributed by atoms with Gasteiger partial charge in [-0.2, -0.15) is 0 Å². The summed E-state index contributed by atoms with van der Waals surface area (Å²) in [5.41, 5.74) is 3.50. The summed E-state index contributed by atoms with van der Waals surface area (Å²) in [6.07, 6.45) is 2.13. The predicted octanol–water partition coefficient (Wildman–Crippen LogP) is 4.70. The molecular formula is C28H34N2O5. The first-order valence-corrected chi connectivity index (χ1v) is 12.4. The Morgan fingerprint density at radius 2 is 1.63 bits per heavy atom. The second-order valence-electron chi connectivity index (χ2n) is 10.2. The molecule has 3 atom stereocenters. The maximum absolute atomic E-state index is 13.1. The third kappa shape index (κ3) is 4.90. The molecule has 0 radical (unpaired) electrons. The van der Waals surface area contributed by atoms with Crippen molar-refractivity contribution in [2.75, 3.05) is 6.61 Å². The van der Waals surface area contributed by atoms with E-state index in [4.69, 9.17) is 4.74 Å². The molecule has 2 amide bonds. The smallest absolute Gasteiger partial charge is 0.407 e. The molecule has 1 saturated carbocycles. The average molecular weight is 479 g/mol. The highest BCUT2D eigenvalue weighted by Crippen LogP contribution is 2.44. The van der Waals surface area contributed by atoms with Crippen LogP contribution in [-0.4, -0.2) is 41.8 Å². The van der Waals surface area contributed by atoms with Crippen LogP contribution in [0.4, 0.5) is 4.79 Å². The predicted molar refractivity (Wildman–Crippen MR) is 133 cm³/mol.